The molecule has 0 N–H and O–H groups in total. The average Bonchev–Trinajstić information content (AvgIpc) is 2.81. The second-order valence-electron chi connectivity index (χ2n) is 3.92. The van der Waals surface area contributed by atoms with E-state index in [-0.39, 0.29) is 5.38 Å². The molecule has 0 fully saturated rings. The molecule has 90 valence electrons. The quantitative estimate of drug-likeness (QED) is 0.652. The third kappa shape index (κ3) is 3.25. The molecule has 0 nitrogen and oxygen atoms in total. The van der Waals surface area contributed by atoms with Crippen molar-refractivity contribution in [3.8, 4) is 0 Å². The Kier molecular flexibility index (Phi) is 4.49. The van der Waals surface area contributed by atoms with Gasteiger partial charge in [-0.1, -0.05) is 36.7 Å². The Labute approximate surface area is 116 Å². The van der Waals surface area contributed by atoms with Crippen LogP contribution in [0.15, 0.2) is 36.4 Å². The summed E-state index contributed by atoms with van der Waals surface area (Å²) in [5, 5.41) is 0.811. The van der Waals surface area contributed by atoms with Crippen LogP contribution in [0.25, 0.3) is 0 Å². The van der Waals surface area contributed by atoms with Crippen LogP contribution in [0.3, 0.4) is 0 Å². The smallest absolute Gasteiger partial charge is 0.0719 e. The lowest BCUT2D eigenvalue weighted by molar-refractivity contribution is 0.940. The van der Waals surface area contributed by atoms with Crippen molar-refractivity contribution in [2.24, 2.45) is 0 Å². The molecular weight excluding hydrogens is 271 g/mol. The Hall–Kier alpha value is -0.500. The minimum atomic E-state index is 0.0141. The van der Waals surface area contributed by atoms with E-state index in [1.54, 1.807) is 11.3 Å². The topological polar surface area (TPSA) is 0 Å². The van der Waals surface area contributed by atoms with E-state index in [4.69, 9.17) is 23.2 Å². The van der Waals surface area contributed by atoms with Gasteiger partial charge in [-0.3, -0.25) is 0 Å². The van der Waals surface area contributed by atoms with Crippen molar-refractivity contribution in [3.63, 3.8) is 0 Å². The highest BCUT2D eigenvalue weighted by molar-refractivity contribution is 7.12. The zero-order valence-corrected chi connectivity index (χ0v) is 11.9. The molecule has 2 rings (SSSR count). The molecule has 2 aromatic rings. The fraction of sp³-hybridized carbons (Fsp3) is 0.286. The molecule has 3 heteroatoms. The van der Waals surface area contributed by atoms with E-state index in [1.807, 2.05) is 24.3 Å². The van der Waals surface area contributed by atoms with Gasteiger partial charge in [-0.25, -0.2) is 0 Å². The largest absolute Gasteiger partial charge is 0.144 e. The maximum Gasteiger partial charge on any atom is 0.0719 e. The summed E-state index contributed by atoms with van der Waals surface area (Å²) in [7, 11) is 0. The molecule has 0 aliphatic rings. The first-order valence-electron chi connectivity index (χ1n) is 5.66. The molecule has 1 unspecified atom stereocenters. The Morgan fingerprint density at radius 1 is 1.18 bits per heavy atom. The third-order valence-electron chi connectivity index (χ3n) is 2.70. The lowest BCUT2D eigenvalue weighted by Crippen LogP contribution is -1.94. The normalized spacial score (nSPS) is 12.6. The van der Waals surface area contributed by atoms with Gasteiger partial charge < -0.3 is 0 Å². The average molecular weight is 285 g/mol. The summed E-state index contributed by atoms with van der Waals surface area (Å²) in [6, 6.07) is 12.2. The molecule has 0 aliphatic carbocycles. The summed E-state index contributed by atoms with van der Waals surface area (Å²) in [5.41, 5.74) is 1.11. The number of hydrogen-bond donors (Lipinski definition) is 0. The van der Waals surface area contributed by atoms with Crippen molar-refractivity contribution in [2.45, 2.75) is 25.1 Å². The van der Waals surface area contributed by atoms with Crippen molar-refractivity contribution >= 4 is 34.5 Å². The van der Waals surface area contributed by atoms with E-state index in [0.29, 0.717) is 0 Å². The van der Waals surface area contributed by atoms with Crippen LogP contribution in [0.4, 0.5) is 0 Å². The molecule has 1 aromatic heterocycles. The molecule has 0 saturated carbocycles. The zero-order chi connectivity index (χ0) is 12.3. The van der Waals surface area contributed by atoms with E-state index in [0.717, 1.165) is 23.4 Å². The predicted octanol–water partition coefficient (Wildman–Crippen LogP) is 5.49. The SMILES string of the molecule is CCc1ccc(C(Cl)Cc2ccccc2Cl)s1. The van der Waals surface area contributed by atoms with E-state index in [9.17, 15) is 0 Å². The molecule has 0 amide bonds. The molecule has 0 spiro atoms. The van der Waals surface area contributed by atoms with Gasteiger partial charge in [0.15, 0.2) is 0 Å². The molecule has 0 radical (unpaired) electrons. The van der Waals surface area contributed by atoms with E-state index < -0.39 is 0 Å². The highest BCUT2D eigenvalue weighted by Crippen LogP contribution is 2.32. The fourth-order valence-corrected chi connectivity index (χ4v) is 3.23. The lowest BCUT2D eigenvalue weighted by atomic mass is 10.1. The first-order valence-corrected chi connectivity index (χ1v) is 7.30. The standard InChI is InChI=1S/C14H14Cl2S/c1-2-11-7-8-14(17-11)13(16)9-10-5-3-4-6-12(10)15/h3-8,13H,2,9H2,1H3. The molecule has 1 aromatic carbocycles. The number of rotatable bonds is 4. The number of benzene rings is 1. The number of aryl methyl sites for hydroxylation is 1. The van der Waals surface area contributed by atoms with Crippen molar-refractivity contribution in [1.29, 1.82) is 0 Å². The van der Waals surface area contributed by atoms with Gasteiger partial charge in [-0.15, -0.1) is 22.9 Å². The van der Waals surface area contributed by atoms with Gasteiger partial charge in [-0.05, 0) is 36.6 Å². The third-order valence-corrected chi connectivity index (χ3v) is 4.93. The van der Waals surface area contributed by atoms with Crippen LogP contribution < -0.4 is 0 Å². The van der Waals surface area contributed by atoms with E-state index in [1.165, 1.54) is 9.75 Å². The Bertz CT molecular complexity index is 490. The summed E-state index contributed by atoms with van der Waals surface area (Å²) in [6.07, 6.45) is 1.85. The summed E-state index contributed by atoms with van der Waals surface area (Å²) >= 11 is 14.4. The Morgan fingerprint density at radius 2 is 1.94 bits per heavy atom. The van der Waals surface area contributed by atoms with E-state index in [2.05, 4.69) is 19.1 Å². The number of halogens is 2. The summed E-state index contributed by atoms with van der Waals surface area (Å²) in [5.74, 6) is 0. The van der Waals surface area contributed by atoms with Crippen molar-refractivity contribution in [2.75, 3.05) is 0 Å². The van der Waals surface area contributed by atoms with Gasteiger partial charge in [0, 0.05) is 14.8 Å². The van der Waals surface area contributed by atoms with Crippen molar-refractivity contribution in [3.05, 3.63) is 56.7 Å². The molecule has 17 heavy (non-hydrogen) atoms. The first-order chi connectivity index (χ1) is 8.20. The van der Waals surface area contributed by atoms with Crippen LogP contribution in [0.2, 0.25) is 5.02 Å². The Morgan fingerprint density at radius 3 is 2.59 bits per heavy atom. The van der Waals surface area contributed by atoms with Gasteiger partial charge in [-0.2, -0.15) is 0 Å². The van der Waals surface area contributed by atoms with Gasteiger partial charge in [0.25, 0.3) is 0 Å². The molecular formula is C14H14Cl2S. The highest BCUT2D eigenvalue weighted by atomic mass is 35.5. The molecule has 0 aliphatic heterocycles. The second-order valence-corrected chi connectivity index (χ2v) is 6.05. The zero-order valence-electron chi connectivity index (χ0n) is 9.62. The maximum atomic E-state index is 6.43. The summed E-state index contributed by atoms with van der Waals surface area (Å²) in [6.45, 7) is 2.16. The minimum absolute atomic E-state index is 0.0141. The molecule has 0 saturated heterocycles. The van der Waals surface area contributed by atoms with Gasteiger partial charge in [0.05, 0.1) is 5.38 Å². The summed E-state index contributed by atoms with van der Waals surface area (Å²) in [4.78, 5) is 2.60. The van der Waals surface area contributed by atoms with Crippen LogP contribution in [0.5, 0.6) is 0 Å². The van der Waals surface area contributed by atoms with Crippen LogP contribution in [-0.4, -0.2) is 0 Å². The summed E-state index contributed by atoms with van der Waals surface area (Å²) < 4.78 is 0. The van der Waals surface area contributed by atoms with Crippen LogP contribution >= 0.6 is 34.5 Å². The van der Waals surface area contributed by atoms with Crippen LogP contribution in [0.1, 0.15) is 27.6 Å². The maximum absolute atomic E-state index is 6.43. The Balaban J connectivity index is 2.11. The highest BCUT2D eigenvalue weighted by Gasteiger charge is 2.12. The minimum Gasteiger partial charge on any atom is -0.144 e. The molecule has 1 atom stereocenters. The monoisotopic (exact) mass is 284 g/mol. The molecule has 0 bridgehead atoms. The second kappa shape index (κ2) is 5.90. The number of thiophene rings is 1. The van der Waals surface area contributed by atoms with E-state index >= 15 is 0 Å². The van der Waals surface area contributed by atoms with Crippen molar-refractivity contribution < 1.29 is 0 Å². The van der Waals surface area contributed by atoms with Gasteiger partial charge in [0.2, 0.25) is 0 Å². The predicted molar refractivity (Wildman–Crippen MR) is 77.4 cm³/mol. The number of alkyl halides is 1. The fourth-order valence-electron chi connectivity index (χ4n) is 1.71. The number of hydrogen-bond acceptors (Lipinski definition) is 1. The lowest BCUT2D eigenvalue weighted by Gasteiger charge is -2.08. The molecule has 1 heterocycles. The van der Waals surface area contributed by atoms with Crippen molar-refractivity contribution in [1.82, 2.24) is 0 Å². The van der Waals surface area contributed by atoms with Gasteiger partial charge >= 0.3 is 0 Å². The van der Waals surface area contributed by atoms with Gasteiger partial charge in [0.1, 0.15) is 0 Å². The van der Waals surface area contributed by atoms with Crippen LogP contribution in [0, 0.1) is 0 Å². The first kappa shape index (κ1) is 12.9. The van der Waals surface area contributed by atoms with Crippen LogP contribution in [-0.2, 0) is 12.8 Å².